The Hall–Kier alpha value is -2.37. The van der Waals surface area contributed by atoms with Crippen LogP contribution in [0.3, 0.4) is 0 Å². The fourth-order valence-corrected chi connectivity index (χ4v) is 7.08. The SMILES string of the molecule is CO/C=C/C[P+](c1ccccc1)(c1ccccc1)c1ccccc1. The lowest BCUT2D eigenvalue weighted by Crippen LogP contribution is -2.32. The first-order chi connectivity index (χ1) is 11.9. The van der Waals surface area contributed by atoms with Crippen LogP contribution in [0.2, 0.25) is 0 Å². The molecule has 0 heterocycles. The number of methoxy groups -OCH3 is 1. The van der Waals surface area contributed by atoms with Gasteiger partial charge in [0.05, 0.1) is 19.5 Å². The summed E-state index contributed by atoms with van der Waals surface area (Å²) in [4.78, 5) is 0. The second-order valence-electron chi connectivity index (χ2n) is 5.61. The first-order valence-electron chi connectivity index (χ1n) is 8.10. The smallest absolute Gasteiger partial charge is 0.116 e. The molecule has 0 atom stereocenters. The van der Waals surface area contributed by atoms with Crippen LogP contribution in [0.5, 0.6) is 0 Å². The van der Waals surface area contributed by atoms with E-state index in [1.165, 1.54) is 15.9 Å². The number of hydrogen-bond acceptors (Lipinski definition) is 1. The standard InChI is InChI=1S/C22H22OP/c1-23-18-11-19-24(20-12-5-2-6-13-20,21-14-7-3-8-15-21)22-16-9-4-10-17-22/h2-18H,19H2,1H3/q+1/b18-11+. The molecule has 2 heteroatoms. The predicted octanol–water partition coefficient (Wildman–Crippen LogP) is 4.14. The number of ether oxygens (including phenoxy) is 1. The van der Waals surface area contributed by atoms with E-state index in [1.807, 2.05) is 0 Å². The fraction of sp³-hybridized carbons (Fsp3) is 0.0909. The second-order valence-corrected chi connectivity index (χ2v) is 9.14. The molecule has 0 saturated heterocycles. The average Bonchev–Trinajstić information content (AvgIpc) is 2.68. The molecule has 120 valence electrons. The molecule has 0 aliphatic heterocycles. The van der Waals surface area contributed by atoms with Crippen LogP contribution in [0.1, 0.15) is 0 Å². The van der Waals surface area contributed by atoms with Crippen LogP contribution in [0, 0.1) is 0 Å². The van der Waals surface area contributed by atoms with Gasteiger partial charge in [-0.15, -0.1) is 0 Å². The van der Waals surface area contributed by atoms with E-state index in [9.17, 15) is 0 Å². The molecule has 3 aromatic rings. The molecular weight excluding hydrogens is 311 g/mol. The van der Waals surface area contributed by atoms with Crippen molar-refractivity contribution >= 4 is 23.2 Å². The molecule has 0 fully saturated rings. The second kappa shape index (κ2) is 7.95. The lowest BCUT2D eigenvalue weighted by Gasteiger charge is -2.26. The third-order valence-electron chi connectivity index (χ3n) is 4.20. The van der Waals surface area contributed by atoms with Crippen molar-refractivity contribution in [3.05, 3.63) is 103 Å². The highest BCUT2D eigenvalue weighted by molar-refractivity contribution is 7.95. The number of rotatable bonds is 6. The molecule has 0 bridgehead atoms. The summed E-state index contributed by atoms with van der Waals surface area (Å²) in [5.74, 6) is 0. The minimum atomic E-state index is -1.75. The first kappa shape index (κ1) is 16.5. The first-order valence-corrected chi connectivity index (χ1v) is 10.1. The Kier molecular flexibility index (Phi) is 5.46. The van der Waals surface area contributed by atoms with Gasteiger partial charge in [0.1, 0.15) is 23.2 Å². The molecule has 0 aliphatic rings. The van der Waals surface area contributed by atoms with E-state index in [2.05, 4.69) is 97.1 Å². The largest absolute Gasteiger partial charge is 0.505 e. The number of allylic oxidation sites excluding steroid dienone is 1. The topological polar surface area (TPSA) is 9.23 Å². The third-order valence-corrected chi connectivity index (χ3v) is 8.50. The van der Waals surface area contributed by atoms with E-state index in [-0.39, 0.29) is 0 Å². The predicted molar refractivity (Wildman–Crippen MR) is 106 cm³/mol. The molecule has 3 aromatic carbocycles. The summed E-state index contributed by atoms with van der Waals surface area (Å²) >= 11 is 0. The molecule has 0 radical (unpaired) electrons. The Morgan fingerprint density at radius 2 is 1.04 bits per heavy atom. The summed E-state index contributed by atoms with van der Waals surface area (Å²) in [6.45, 7) is 0. The van der Waals surface area contributed by atoms with Gasteiger partial charge in [0.25, 0.3) is 0 Å². The van der Waals surface area contributed by atoms with Gasteiger partial charge in [-0.3, -0.25) is 0 Å². The molecule has 0 saturated carbocycles. The van der Waals surface area contributed by atoms with Crippen molar-refractivity contribution in [1.82, 2.24) is 0 Å². The Morgan fingerprint density at radius 1 is 0.667 bits per heavy atom. The summed E-state index contributed by atoms with van der Waals surface area (Å²) in [7, 11) is -0.0512. The van der Waals surface area contributed by atoms with Gasteiger partial charge >= 0.3 is 0 Å². The van der Waals surface area contributed by atoms with Gasteiger partial charge in [-0.1, -0.05) is 54.6 Å². The van der Waals surface area contributed by atoms with Crippen molar-refractivity contribution < 1.29 is 4.74 Å². The van der Waals surface area contributed by atoms with Crippen LogP contribution in [0.4, 0.5) is 0 Å². The number of benzene rings is 3. The van der Waals surface area contributed by atoms with Gasteiger partial charge < -0.3 is 4.74 Å². The maximum Gasteiger partial charge on any atom is 0.116 e. The molecule has 3 rings (SSSR count). The van der Waals surface area contributed by atoms with E-state index < -0.39 is 7.26 Å². The van der Waals surface area contributed by atoms with Gasteiger partial charge in [0.15, 0.2) is 0 Å². The molecule has 0 N–H and O–H groups in total. The third kappa shape index (κ3) is 3.27. The maximum atomic E-state index is 5.18. The number of hydrogen-bond donors (Lipinski definition) is 0. The lowest BCUT2D eigenvalue weighted by atomic mass is 10.4. The molecule has 0 amide bonds. The quantitative estimate of drug-likeness (QED) is 0.487. The molecule has 0 spiro atoms. The Morgan fingerprint density at radius 3 is 1.38 bits per heavy atom. The van der Waals surface area contributed by atoms with Crippen molar-refractivity contribution in [3.63, 3.8) is 0 Å². The van der Waals surface area contributed by atoms with Crippen molar-refractivity contribution in [1.29, 1.82) is 0 Å². The highest BCUT2D eigenvalue weighted by Gasteiger charge is 2.44. The average molecular weight is 333 g/mol. The summed E-state index contributed by atoms with van der Waals surface area (Å²) < 4.78 is 5.18. The molecule has 0 unspecified atom stereocenters. The van der Waals surface area contributed by atoms with E-state index in [0.717, 1.165) is 6.16 Å². The van der Waals surface area contributed by atoms with Crippen molar-refractivity contribution in [2.75, 3.05) is 13.3 Å². The Bertz CT molecular complexity index is 670. The molecule has 1 nitrogen and oxygen atoms in total. The monoisotopic (exact) mass is 333 g/mol. The maximum absolute atomic E-state index is 5.18. The zero-order valence-corrected chi connectivity index (χ0v) is 14.8. The fourth-order valence-electron chi connectivity index (χ4n) is 3.11. The normalized spacial score (nSPS) is 11.5. The highest BCUT2D eigenvalue weighted by Crippen LogP contribution is 2.55. The summed E-state index contributed by atoms with van der Waals surface area (Å²) in [6.07, 6.45) is 4.89. The van der Waals surface area contributed by atoms with Gasteiger partial charge in [0, 0.05) is 0 Å². The molecule has 0 aliphatic carbocycles. The Balaban J connectivity index is 2.26. The van der Waals surface area contributed by atoms with Gasteiger partial charge in [-0.05, 0) is 42.5 Å². The molecule has 24 heavy (non-hydrogen) atoms. The molecular formula is C22H22OP+. The minimum Gasteiger partial charge on any atom is -0.505 e. The van der Waals surface area contributed by atoms with Crippen LogP contribution >= 0.6 is 7.26 Å². The van der Waals surface area contributed by atoms with Crippen LogP contribution in [-0.4, -0.2) is 13.3 Å². The molecule has 0 aromatic heterocycles. The van der Waals surface area contributed by atoms with Crippen molar-refractivity contribution in [3.8, 4) is 0 Å². The highest BCUT2D eigenvalue weighted by atomic mass is 31.2. The van der Waals surface area contributed by atoms with Gasteiger partial charge in [-0.25, -0.2) is 0 Å². The van der Waals surface area contributed by atoms with E-state index in [0.29, 0.717) is 0 Å². The zero-order valence-electron chi connectivity index (χ0n) is 13.9. The summed E-state index contributed by atoms with van der Waals surface area (Å²) in [5, 5.41) is 4.18. The van der Waals surface area contributed by atoms with Crippen LogP contribution in [-0.2, 0) is 4.74 Å². The van der Waals surface area contributed by atoms with Gasteiger partial charge in [0.2, 0.25) is 0 Å². The van der Waals surface area contributed by atoms with Crippen LogP contribution < -0.4 is 15.9 Å². The van der Waals surface area contributed by atoms with Crippen molar-refractivity contribution in [2.45, 2.75) is 0 Å². The summed E-state index contributed by atoms with van der Waals surface area (Å²) in [5.41, 5.74) is 0. The zero-order chi connectivity index (χ0) is 16.7. The summed E-state index contributed by atoms with van der Waals surface area (Å²) in [6, 6.07) is 32.6. The van der Waals surface area contributed by atoms with Crippen molar-refractivity contribution in [2.24, 2.45) is 0 Å². The Labute approximate surface area is 145 Å². The lowest BCUT2D eigenvalue weighted by molar-refractivity contribution is 0.337. The van der Waals surface area contributed by atoms with Crippen LogP contribution in [0.15, 0.2) is 103 Å². The van der Waals surface area contributed by atoms with Crippen LogP contribution in [0.25, 0.3) is 0 Å². The van der Waals surface area contributed by atoms with E-state index >= 15 is 0 Å². The van der Waals surface area contributed by atoms with E-state index in [4.69, 9.17) is 4.74 Å². The van der Waals surface area contributed by atoms with Gasteiger partial charge in [-0.2, -0.15) is 0 Å². The van der Waals surface area contributed by atoms with E-state index in [1.54, 1.807) is 13.4 Å². The minimum absolute atomic E-state index is 0.943.